The molecule has 5 N–H and O–H groups in total. The van der Waals surface area contributed by atoms with Gasteiger partial charge in [-0.15, -0.1) is 11.8 Å². The lowest BCUT2D eigenvalue weighted by atomic mass is 10.0. The fourth-order valence-electron chi connectivity index (χ4n) is 3.23. The molecule has 27 heavy (non-hydrogen) atoms. The zero-order valence-corrected chi connectivity index (χ0v) is 16.6. The van der Waals surface area contributed by atoms with E-state index in [4.69, 9.17) is 5.73 Å². The van der Waals surface area contributed by atoms with Crippen molar-refractivity contribution in [1.29, 1.82) is 0 Å². The van der Waals surface area contributed by atoms with Crippen LogP contribution in [-0.2, 0) is 19.2 Å². The number of carbonyl (C=O) groups is 4. The van der Waals surface area contributed by atoms with Crippen LogP contribution in [0.4, 0.5) is 0 Å². The summed E-state index contributed by atoms with van der Waals surface area (Å²) in [5.74, 6) is -0.679. The highest BCUT2D eigenvalue weighted by Crippen LogP contribution is 2.23. The number of nitrogens with zero attached hydrogens (tertiary/aromatic N) is 1. The number of amides is 4. The van der Waals surface area contributed by atoms with E-state index < -0.39 is 23.2 Å². The summed E-state index contributed by atoms with van der Waals surface area (Å²) in [7, 11) is 0. The van der Waals surface area contributed by atoms with Crippen molar-refractivity contribution in [1.82, 2.24) is 20.9 Å². The molecule has 0 aromatic carbocycles. The molecule has 2 fully saturated rings. The number of primary amides is 1. The Morgan fingerprint density at radius 3 is 2.63 bits per heavy atom. The predicted octanol–water partition coefficient (Wildman–Crippen LogP) is -1.23. The first-order valence-electron chi connectivity index (χ1n) is 9.31. The van der Waals surface area contributed by atoms with Crippen LogP contribution in [0.15, 0.2) is 0 Å². The Labute approximate surface area is 163 Å². The molecule has 1 unspecified atom stereocenters. The van der Waals surface area contributed by atoms with Gasteiger partial charge >= 0.3 is 0 Å². The summed E-state index contributed by atoms with van der Waals surface area (Å²) >= 11 is 1.31. The van der Waals surface area contributed by atoms with Crippen LogP contribution < -0.4 is 21.7 Å². The summed E-state index contributed by atoms with van der Waals surface area (Å²) < 4.78 is 0. The monoisotopic (exact) mass is 399 g/mol. The standard InChI is InChI=1S/C17H29N5O4S/c1-10(2)8-12(21-16(26)11-4-3-5-19-11)15(25)20-9-13(23)22-6-7-27-17(22)14(18)24/h10-12,17,19H,3-9H2,1-2H3,(H2,18,24)(H,20,25)(H,21,26)/t11-,12-,17?/m0/s1. The normalized spacial score (nSPS) is 23.3. The van der Waals surface area contributed by atoms with Crippen LogP contribution in [-0.4, -0.2) is 71.4 Å². The fraction of sp³-hybridized carbons (Fsp3) is 0.765. The van der Waals surface area contributed by atoms with E-state index in [1.165, 1.54) is 16.7 Å². The fourth-order valence-corrected chi connectivity index (χ4v) is 4.32. The highest BCUT2D eigenvalue weighted by atomic mass is 32.2. The van der Waals surface area contributed by atoms with Gasteiger partial charge < -0.3 is 26.6 Å². The average molecular weight is 400 g/mol. The second kappa shape index (κ2) is 9.93. The van der Waals surface area contributed by atoms with Gasteiger partial charge in [0.2, 0.25) is 17.7 Å². The SMILES string of the molecule is CC(C)C[C@H](NC(=O)[C@@H]1CCCN1)C(=O)NCC(=O)N1CCSC1C(N)=O. The Morgan fingerprint density at radius 2 is 2.04 bits per heavy atom. The van der Waals surface area contributed by atoms with Crippen molar-refractivity contribution in [2.24, 2.45) is 11.7 Å². The van der Waals surface area contributed by atoms with E-state index in [1.807, 2.05) is 13.8 Å². The molecule has 0 saturated carbocycles. The molecule has 0 aromatic heterocycles. The summed E-state index contributed by atoms with van der Waals surface area (Å²) in [4.78, 5) is 50.0. The molecule has 0 radical (unpaired) electrons. The van der Waals surface area contributed by atoms with Crippen molar-refractivity contribution in [3.8, 4) is 0 Å². The van der Waals surface area contributed by atoms with Crippen molar-refractivity contribution >= 4 is 35.4 Å². The molecule has 9 nitrogen and oxygen atoms in total. The Bertz CT molecular complexity index is 580. The molecule has 2 rings (SSSR count). The van der Waals surface area contributed by atoms with Crippen molar-refractivity contribution in [3.05, 3.63) is 0 Å². The Hall–Kier alpha value is -1.81. The summed E-state index contributed by atoms with van der Waals surface area (Å²) in [5, 5.41) is 7.81. The van der Waals surface area contributed by atoms with Crippen LogP contribution in [0, 0.1) is 5.92 Å². The molecule has 3 atom stereocenters. The van der Waals surface area contributed by atoms with E-state index in [0.717, 1.165) is 19.4 Å². The number of rotatable bonds is 8. The van der Waals surface area contributed by atoms with Gasteiger partial charge in [0.25, 0.3) is 5.91 Å². The second-order valence-corrected chi connectivity index (χ2v) is 8.46. The summed E-state index contributed by atoms with van der Waals surface area (Å²) in [5.41, 5.74) is 5.31. The lowest BCUT2D eigenvalue weighted by molar-refractivity contribution is -0.136. The van der Waals surface area contributed by atoms with Gasteiger partial charge in [-0.2, -0.15) is 0 Å². The first-order chi connectivity index (χ1) is 12.8. The predicted molar refractivity (Wildman–Crippen MR) is 103 cm³/mol. The zero-order valence-electron chi connectivity index (χ0n) is 15.8. The molecule has 152 valence electrons. The maximum atomic E-state index is 12.6. The number of thioether (sulfide) groups is 1. The van der Waals surface area contributed by atoms with Crippen LogP contribution in [0.3, 0.4) is 0 Å². The van der Waals surface area contributed by atoms with Crippen LogP contribution in [0.2, 0.25) is 0 Å². The van der Waals surface area contributed by atoms with Crippen molar-refractivity contribution < 1.29 is 19.2 Å². The zero-order chi connectivity index (χ0) is 20.0. The van der Waals surface area contributed by atoms with Gasteiger partial charge in [0.05, 0.1) is 12.6 Å². The van der Waals surface area contributed by atoms with E-state index in [1.54, 1.807) is 0 Å². The number of nitrogens with one attached hydrogen (secondary N) is 3. The van der Waals surface area contributed by atoms with Crippen LogP contribution in [0.1, 0.15) is 33.1 Å². The molecule has 2 saturated heterocycles. The molecule has 0 bridgehead atoms. The maximum Gasteiger partial charge on any atom is 0.250 e. The van der Waals surface area contributed by atoms with Crippen molar-refractivity contribution in [2.45, 2.75) is 50.6 Å². The van der Waals surface area contributed by atoms with Gasteiger partial charge in [-0.3, -0.25) is 19.2 Å². The number of nitrogens with two attached hydrogens (primary N) is 1. The van der Waals surface area contributed by atoms with Crippen LogP contribution in [0.5, 0.6) is 0 Å². The van der Waals surface area contributed by atoms with Gasteiger partial charge in [-0.1, -0.05) is 13.8 Å². The molecular weight excluding hydrogens is 370 g/mol. The van der Waals surface area contributed by atoms with E-state index >= 15 is 0 Å². The van der Waals surface area contributed by atoms with Gasteiger partial charge in [0.15, 0.2) is 5.37 Å². The smallest absolute Gasteiger partial charge is 0.250 e. The van der Waals surface area contributed by atoms with Crippen LogP contribution in [0.25, 0.3) is 0 Å². The highest BCUT2D eigenvalue weighted by Gasteiger charge is 2.34. The molecule has 0 aliphatic carbocycles. The third kappa shape index (κ3) is 6.10. The lowest BCUT2D eigenvalue weighted by Crippen LogP contribution is -2.53. The summed E-state index contributed by atoms with van der Waals surface area (Å²) in [6, 6.07) is -0.973. The topological polar surface area (TPSA) is 134 Å². The lowest BCUT2D eigenvalue weighted by Gasteiger charge is -2.24. The van der Waals surface area contributed by atoms with Gasteiger partial charge in [0, 0.05) is 12.3 Å². The molecule has 2 heterocycles. The summed E-state index contributed by atoms with van der Waals surface area (Å²) in [6.45, 7) is 4.92. The molecule has 4 amide bonds. The molecule has 2 aliphatic rings. The van der Waals surface area contributed by atoms with Crippen molar-refractivity contribution in [3.63, 3.8) is 0 Å². The number of hydrogen-bond acceptors (Lipinski definition) is 6. The Morgan fingerprint density at radius 1 is 1.30 bits per heavy atom. The first kappa shape index (κ1) is 21.5. The minimum absolute atomic E-state index is 0.190. The molecule has 2 aliphatic heterocycles. The maximum absolute atomic E-state index is 12.6. The highest BCUT2D eigenvalue weighted by molar-refractivity contribution is 8.00. The van der Waals surface area contributed by atoms with Crippen molar-refractivity contribution in [2.75, 3.05) is 25.4 Å². The first-order valence-corrected chi connectivity index (χ1v) is 10.4. The minimum atomic E-state index is -0.701. The third-order valence-corrected chi connectivity index (χ3v) is 5.81. The number of hydrogen-bond donors (Lipinski definition) is 4. The second-order valence-electron chi connectivity index (χ2n) is 7.27. The van der Waals surface area contributed by atoms with Crippen LogP contribution >= 0.6 is 11.8 Å². The van der Waals surface area contributed by atoms with E-state index in [2.05, 4.69) is 16.0 Å². The largest absolute Gasteiger partial charge is 0.367 e. The quantitative estimate of drug-likeness (QED) is 0.404. The van der Waals surface area contributed by atoms with E-state index in [9.17, 15) is 19.2 Å². The Balaban J connectivity index is 1.89. The van der Waals surface area contributed by atoms with Gasteiger partial charge in [-0.05, 0) is 31.7 Å². The van der Waals surface area contributed by atoms with E-state index in [-0.39, 0.29) is 30.3 Å². The molecule has 0 aromatic rings. The third-order valence-electron chi connectivity index (χ3n) is 4.59. The molecule has 0 spiro atoms. The minimum Gasteiger partial charge on any atom is -0.367 e. The molecule has 10 heteroatoms. The van der Waals surface area contributed by atoms with Gasteiger partial charge in [-0.25, -0.2) is 0 Å². The van der Waals surface area contributed by atoms with Gasteiger partial charge in [0.1, 0.15) is 6.04 Å². The average Bonchev–Trinajstić information content (AvgIpc) is 3.29. The Kier molecular flexibility index (Phi) is 7.91. The molecular formula is C17H29N5O4S. The van der Waals surface area contributed by atoms with E-state index in [0.29, 0.717) is 18.7 Å². The summed E-state index contributed by atoms with van der Waals surface area (Å²) in [6.07, 6.45) is 2.16. The number of carbonyl (C=O) groups excluding carboxylic acids is 4.